The summed E-state index contributed by atoms with van der Waals surface area (Å²) in [5, 5.41) is 6.80. The molecule has 1 aliphatic heterocycles. The third kappa shape index (κ3) is 7.47. The topological polar surface area (TPSA) is 58.1 Å². The Morgan fingerprint density at radius 2 is 1.96 bits per heavy atom. The predicted molar refractivity (Wildman–Crippen MR) is 113 cm³/mol. The molecule has 2 rings (SSSR count). The van der Waals surface area contributed by atoms with Crippen LogP contribution in [0.25, 0.3) is 0 Å². The maximum atomic E-state index is 5.50. The zero-order chi connectivity index (χ0) is 17.2. The molecule has 25 heavy (non-hydrogen) atoms. The number of rotatable bonds is 7. The van der Waals surface area contributed by atoms with E-state index in [1.165, 1.54) is 5.56 Å². The fourth-order valence-corrected chi connectivity index (χ4v) is 2.94. The molecule has 7 heteroatoms. The summed E-state index contributed by atoms with van der Waals surface area (Å²) in [4.78, 5) is 6.79. The second-order valence-electron chi connectivity index (χ2n) is 6.03. The van der Waals surface area contributed by atoms with Crippen LogP contribution in [0, 0.1) is 0 Å². The third-order valence-electron chi connectivity index (χ3n) is 4.16. The molecule has 1 aromatic carbocycles. The smallest absolute Gasteiger partial charge is 0.191 e. The van der Waals surface area contributed by atoms with Gasteiger partial charge >= 0.3 is 0 Å². The van der Waals surface area contributed by atoms with Gasteiger partial charge in [-0.05, 0) is 12.5 Å². The number of guanidine groups is 1. The summed E-state index contributed by atoms with van der Waals surface area (Å²) in [6.07, 6.45) is 0. The van der Waals surface area contributed by atoms with E-state index in [1.807, 2.05) is 0 Å². The lowest BCUT2D eigenvalue weighted by atomic mass is 10.0. The van der Waals surface area contributed by atoms with Gasteiger partial charge in [0.05, 0.1) is 25.9 Å². The van der Waals surface area contributed by atoms with Crippen molar-refractivity contribution in [1.29, 1.82) is 0 Å². The van der Waals surface area contributed by atoms with Gasteiger partial charge in [-0.25, -0.2) is 0 Å². The van der Waals surface area contributed by atoms with Crippen LogP contribution >= 0.6 is 24.0 Å². The van der Waals surface area contributed by atoms with Crippen LogP contribution in [0.2, 0.25) is 0 Å². The third-order valence-corrected chi connectivity index (χ3v) is 4.16. The minimum Gasteiger partial charge on any atom is -0.383 e. The Morgan fingerprint density at radius 3 is 2.56 bits per heavy atom. The Kier molecular flexibility index (Phi) is 11.0. The van der Waals surface area contributed by atoms with Crippen LogP contribution in [-0.4, -0.2) is 70.5 Å². The van der Waals surface area contributed by atoms with Gasteiger partial charge in [0, 0.05) is 39.8 Å². The van der Waals surface area contributed by atoms with Crippen molar-refractivity contribution in [2.75, 3.05) is 53.6 Å². The van der Waals surface area contributed by atoms with Crippen LogP contribution in [0.1, 0.15) is 18.5 Å². The van der Waals surface area contributed by atoms with Gasteiger partial charge in [-0.1, -0.05) is 30.3 Å². The van der Waals surface area contributed by atoms with Gasteiger partial charge in [0.2, 0.25) is 0 Å². The maximum Gasteiger partial charge on any atom is 0.191 e. The second kappa shape index (κ2) is 12.5. The molecule has 0 saturated carbocycles. The van der Waals surface area contributed by atoms with E-state index in [1.54, 1.807) is 14.2 Å². The van der Waals surface area contributed by atoms with E-state index in [0.29, 0.717) is 12.6 Å². The minimum absolute atomic E-state index is 0. The first kappa shape index (κ1) is 22.1. The number of aliphatic imine (C=N–C) groups is 1. The van der Waals surface area contributed by atoms with Gasteiger partial charge in [-0.3, -0.25) is 9.89 Å². The van der Waals surface area contributed by atoms with Gasteiger partial charge in [0.15, 0.2) is 5.96 Å². The van der Waals surface area contributed by atoms with E-state index in [0.717, 1.165) is 38.8 Å². The second-order valence-corrected chi connectivity index (χ2v) is 6.03. The first-order valence-corrected chi connectivity index (χ1v) is 8.57. The van der Waals surface area contributed by atoms with Crippen molar-refractivity contribution in [3.05, 3.63) is 35.9 Å². The SMILES string of the molecule is CN=C(NCC(c1ccccc1)N1CCOCC1)NC(C)COC.I. The lowest BCUT2D eigenvalue weighted by Gasteiger charge is -2.35. The highest BCUT2D eigenvalue weighted by atomic mass is 127. The lowest BCUT2D eigenvalue weighted by molar-refractivity contribution is 0.0170. The summed E-state index contributed by atoms with van der Waals surface area (Å²) in [5.41, 5.74) is 1.31. The molecule has 0 aliphatic carbocycles. The van der Waals surface area contributed by atoms with E-state index in [4.69, 9.17) is 9.47 Å². The molecule has 2 atom stereocenters. The van der Waals surface area contributed by atoms with Crippen LogP contribution in [0.5, 0.6) is 0 Å². The lowest BCUT2D eigenvalue weighted by Crippen LogP contribution is -2.48. The fourth-order valence-electron chi connectivity index (χ4n) is 2.94. The number of hydrogen-bond acceptors (Lipinski definition) is 4. The molecule has 1 aliphatic rings. The van der Waals surface area contributed by atoms with Crippen molar-refractivity contribution >= 4 is 29.9 Å². The summed E-state index contributed by atoms with van der Waals surface area (Å²) in [5.74, 6) is 0.800. The molecule has 0 spiro atoms. The van der Waals surface area contributed by atoms with Crippen LogP contribution in [0.3, 0.4) is 0 Å². The number of halogens is 1. The summed E-state index contributed by atoms with van der Waals surface area (Å²) < 4.78 is 10.7. The summed E-state index contributed by atoms with van der Waals surface area (Å²) in [7, 11) is 3.50. The molecule has 0 bridgehead atoms. The summed E-state index contributed by atoms with van der Waals surface area (Å²) >= 11 is 0. The monoisotopic (exact) mass is 462 g/mol. The van der Waals surface area contributed by atoms with Crippen molar-refractivity contribution in [2.24, 2.45) is 4.99 Å². The maximum absolute atomic E-state index is 5.50. The molecule has 0 radical (unpaired) electrons. The van der Waals surface area contributed by atoms with Crippen molar-refractivity contribution < 1.29 is 9.47 Å². The molecule has 1 heterocycles. The zero-order valence-electron chi connectivity index (χ0n) is 15.4. The number of hydrogen-bond donors (Lipinski definition) is 2. The molecule has 1 fully saturated rings. The average Bonchev–Trinajstić information content (AvgIpc) is 2.63. The van der Waals surface area contributed by atoms with E-state index < -0.39 is 0 Å². The number of benzene rings is 1. The van der Waals surface area contributed by atoms with E-state index in [-0.39, 0.29) is 30.0 Å². The molecule has 1 aromatic rings. The first-order chi connectivity index (χ1) is 11.7. The Balaban J connectivity index is 0.00000312. The Labute approximate surface area is 168 Å². The molecular formula is C18H31IN4O2. The number of nitrogens with one attached hydrogen (secondary N) is 2. The highest BCUT2D eigenvalue weighted by Crippen LogP contribution is 2.20. The Hall–Kier alpha value is -0.900. The summed E-state index contributed by atoms with van der Waals surface area (Å²) in [6, 6.07) is 11.1. The first-order valence-electron chi connectivity index (χ1n) is 8.57. The fraction of sp³-hybridized carbons (Fsp3) is 0.611. The molecule has 1 saturated heterocycles. The van der Waals surface area contributed by atoms with Gasteiger partial charge in [-0.15, -0.1) is 24.0 Å². The molecular weight excluding hydrogens is 431 g/mol. The van der Waals surface area contributed by atoms with Gasteiger partial charge in [0.1, 0.15) is 0 Å². The molecule has 2 unspecified atom stereocenters. The van der Waals surface area contributed by atoms with Crippen LogP contribution in [0.15, 0.2) is 35.3 Å². The van der Waals surface area contributed by atoms with E-state index in [9.17, 15) is 0 Å². The van der Waals surface area contributed by atoms with Gasteiger partial charge in [0.25, 0.3) is 0 Å². The van der Waals surface area contributed by atoms with E-state index in [2.05, 4.69) is 57.8 Å². The largest absolute Gasteiger partial charge is 0.383 e. The highest BCUT2D eigenvalue weighted by molar-refractivity contribution is 14.0. The van der Waals surface area contributed by atoms with Crippen molar-refractivity contribution in [1.82, 2.24) is 15.5 Å². The van der Waals surface area contributed by atoms with Gasteiger partial charge in [-0.2, -0.15) is 0 Å². The normalized spacial score (nSPS) is 18.1. The van der Waals surface area contributed by atoms with Crippen LogP contribution < -0.4 is 10.6 Å². The highest BCUT2D eigenvalue weighted by Gasteiger charge is 2.22. The molecule has 6 nitrogen and oxygen atoms in total. The standard InChI is InChI=1S/C18H30N4O2.HI/c1-15(14-23-3)21-18(19-2)20-13-17(16-7-5-4-6-8-16)22-9-11-24-12-10-22;/h4-8,15,17H,9-14H2,1-3H3,(H2,19,20,21);1H. The Morgan fingerprint density at radius 1 is 1.28 bits per heavy atom. The van der Waals surface area contributed by atoms with Crippen molar-refractivity contribution in [3.63, 3.8) is 0 Å². The molecule has 2 N–H and O–H groups in total. The van der Waals surface area contributed by atoms with E-state index >= 15 is 0 Å². The Bertz CT molecular complexity index is 495. The minimum atomic E-state index is 0. The quantitative estimate of drug-likeness (QED) is 0.368. The summed E-state index contributed by atoms with van der Waals surface area (Å²) in [6.45, 7) is 7.01. The average molecular weight is 462 g/mol. The molecule has 0 aromatic heterocycles. The molecule has 0 amide bonds. The number of nitrogens with zero attached hydrogens (tertiary/aromatic N) is 2. The molecule has 142 valence electrons. The van der Waals surface area contributed by atoms with Gasteiger partial charge < -0.3 is 20.1 Å². The number of ether oxygens (including phenoxy) is 2. The van der Waals surface area contributed by atoms with Crippen molar-refractivity contribution in [3.8, 4) is 0 Å². The van der Waals surface area contributed by atoms with Crippen molar-refractivity contribution in [2.45, 2.75) is 19.0 Å². The van der Waals surface area contributed by atoms with Crippen LogP contribution in [0.4, 0.5) is 0 Å². The number of methoxy groups -OCH3 is 1. The van der Waals surface area contributed by atoms with Crippen LogP contribution in [-0.2, 0) is 9.47 Å². The number of morpholine rings is 1. The predicted octanol–water partition coefficient (Wildman–Crippen LogP) is 1.88. The zero-order valence-corrected chi connectivity index (χ0v) is 17.7.